The number of rotatable bonds is 3. The van der Waals surface area contributed by atoms with E-state index in [9.17, 15) is 22.8 Å². The van der Waals surface area contributed by atoms with Crippen molar-refractivity contribution < 1.29 is 22.7 Å². The second kappa shape index (κ2) is 6.73. The van der Waals surface area contributed by atoms with Crippen molar-refractivity contribution in [3.05, 3.63) is 62.8 Å². The Hall–Kier alpha value is -2.81. The van der Waals surface area contributed by atoms with Crippen LogP contribution in [-0.4, -0.2) is 26.5 Å². The Kier molecular flexibility index (Phi) is 4.73. The Bertz CT molecular complexity index is 1100. The Morgan fingerprint density at radius 2 is 2.00 bits per heavy atom. The molecular weight excluding hydrogens is 387 g/mol. The standard InChI is InChI=1S/C17H13ClF3N3O3/c1-3-27-15(26)11-6-10(4-5-12(11)18)24-14(25)7-13(17(19,20)21)23-8-9(2)22-16(23)24/h4-8H,3H2,1-2H3. The second-order valence-corrected chi connectivity index (χ2v) is 6.05. The van der Waals surface area contributed by atoms with Gasteiger partial charge in [0.2, 0.25) is 5.78 Å². The Morgan fingerprint density at radius 3 is 2.63 bits per heavy atom. The molecule has 0 aliphatic carbocycles. The normalized spacial score (nSPS) is 11.8. The van der Waals surface area contributed by atoms with E-state index in [1.165, 1.54) is 31.3 Å². The maximum atomic E-state index is 13.3. The molecule has 6 nitrogen and oxygen atoms in total. The van der Waals surface area contributed by atoms with Gasteiger partial charge in [0.25, 0.3) is 5.56 Å². The zero-order chi connectivity index (χ0) is 19.9. The molecule has 0 saturated carbocycles. The van der Waals surface area contributed by atoms with Crippen molar-refractivity contribution in [1.82, 2.24) is 14.0 Å². The lowest BCUT2D eigenvalue weighted by Gasteiger charge is -2.14. The van der Waals surface area contributed by atoms with Gasteiger partial charge in [0.15, 0.2) is 0 Å². The number of esters is 1. The van der Waals surface area contributed by atoms with Crippen LogP contribution in [0, 0.1) is 6.92 Å². The molecule has 0 radical (unpaired) electrons. The van der Waals surface area contributed by atoms with Gasteiger partial charge in [-0.15, -0.1) is 0 Å². The van der Waals surface area contributed by atoms with E-state index in [2.05, 4.69) is 4.98 Å². The average Bonchev–Trinajstić information content (AvgIpc) is 2.95. The number of hydrogen-bond acceptors (Lipinski definition) is 4. The van der Waals surface area contributed by atoms with Crippen LogP contribution in [0.2, 0.25) is 5.02 Å². The van der Waals surface area contributed by atoms with E-state index in [1.54, 1.807) is 6.92 Å². The van der Waals surface area contributed by atoms with Crippen molar-refractivity contribution in [2.24, 2.45) is 0 Å². The first-order valence-corrected chi connectivity index (χ1v) is 8.17. The number of alkyl halides is 3. The van der Waals surface area contributed by atoms with E-state index in [1.807, 2.05) is 0 Å². The Balaban J connectivity index is 2.30. The van der Waals surface area contributed by atoms with Crippen molar-refractivity contribution in [2.45, 2.75) is 20.0 Å². The molecule has 0 atom stereocenters. The molecule has 0 aliphatic heterocycles. The highest BCUT2D eigenvalue weighted by Crippen LogP contribution is 2.30. The number of carbonyl (C=O) groups excluding carboxylic acids is 1. The highest BCUT2D eigenvalue weighted by molar-refractivity contribution is 6.33. The van der Waals surface area contributed by atoms with E-state index in [0.717, 1.165) is 8.97 Å². The SMILES string of the molecule is CCOC(=O)c1cc(-n2c(=O)cc(C(F)(F)F)n3cc(C)nc23)ccc1Cl. The molecular formula is C17H13ClF3N3O3. The molecule has 0 N–H and O–H groups in total. The lowest BCUT2D eigenvalue weighted by atomic mass is 10.2. The maximum absolute atomic E-state index is 13.3. The molecule has 0 aliphatic rings. The monoisotopic (exact) mass is 399 g/mol. The van der Waals surface area contributed by atoms with Crippen LogP contribution in [0.5, 0.6) is 0 Å². The first kappa shape index (κ1) is 19.0. The van der Waals surface area contributed by atoms with Gasteiger partial charge >= 0.3 is 12.1 Å². The molecule has 0 amide bonds. The molecule has 0 saturated heterocycles. The predicted molar refractivity (Wildman–Crippen MR) is 91.5 cm³/mol. The van der Waals surface area contributed by atoms with Gasteiger partial charge in [-0.25, -0.2) is 14.3 Å². The fraction of sp³-hybridized carbons (Fsp3) is 0.235. The van der Waals surface area contributed by atoms with Gasteiger partial charge < -0.3 is 4.74 Å². The van der Waals surface area contributed by atoms with Gasteiger partial charge in [-0.2, -0.15) is 13.2 Å². The van der Waals surface area contributed by atoms with Crippen LogP contribution in [0.25, 0.3) is 11.5 Å². The number of halogens is 4. The van der Waals surface area contributed by atoms with Crippen molar-refractivity contribution in [2.75, 3.05) is 6.61 Å². The number of nitrogens with zero attached hydrogens (tertiary/aromatic N) is 3. The zero-order valence-corrected chi connectivity index (χ0v) is 14.9. The van der Waals surface area contributed by atoms with Gasteiger partial charge in [0.1, 0.15) is 5.69 Å². The summed E-state index contributed by atoms with van der Waals surface area (Å²) in [4.78, 5) is 28.5. The number of carbonyl (C=O) groups is 1. The van der Waals surface area contributed by atoms with Crippen molar-refractivity contribution in [3.8, 4) is 5.69 Å². The fourth-order valence-corrected chi connectivity index (χ4v) is 2.84. The molecule has 142 valence electrons. The number of fused-ring (bicyclic) bond motifs is 1. The summed E-state index contributed by atoms with van der Waals surface area (Å²) in [6, 6.07) is 4.52. The van der Waals surface area contributed by atoms with Crippen molar-refractivity contribution >= 4 is 23.3 Å². The van der Waals surface area contributed by atoms with Gasteiger partial charge in [-0.3, -0.25) is 9.20 Å². The lowest BCUT2D eigenvalue weighted by Crippen LogP contribution is -2.25. The van der Waals surface area contributed by atoms with Crippen LogP contribution in [0.3, 0.4) is 0 Å². The minimum absolute atomic E-state index is 0.00996. The fourth-order valence-electron chi connectivity index (χ4n) is 2.65. The summed E-state index contributed by atoms with van der Waals surface area (Å²) in [6.45, 7) is 3.24. The molecule has 2 aromatic heterocycles. The molecule has 10 heteroatoms. The third kappa shape index (κ3) is 3.42. The first-order valence-electron chi connectivity index (χ1n) is 7.79. The lowest BCUT2D eigenvalue weighted by molar-refractivity contribution is -0.142. The van der Waals surface area contributed by atoms with Gasteiger partial charge in [0, 0.05) is 12.3 Å². The number of hydrogen-bond donors (Lipinski definition) is 0. The molecule has 0 fully saturated rings. The van der Waals surface area contributed by atoms with E-state index >= 15 is 0 Å². The van der Waals surface area contributed by atoms with E-state index in [4.69, 9.17) is 16.3 Å². The summed E-state index contributed by atoms with van der Waals surface area (Å²) < 4.78 is 46.5. The highest BCUT2D eigenvalue weighted by atomic mass is 35.5. The van der Waals surface area contributed by atoms with E-state index in [0.29, 0.717) is 11.8 Å². The van der Waals surface area contributed by atoms with Gasteiger partial charge in [-0.1, -0.05) is 11.6 Å². The summed E-state index contributed by atoms with van der Waals surface area (Å²) in [7, 11) is 0. The van der Waals surface area contributed by atoms with Crippen LogP contribution >= 0.6 is 11.6 Å². The topological polar surface area (TPSA) is 65.6 Å². The number of benzene rings is 1. The molecule has 0 bridgehead atoms. The molecule has 3 aromatic rings. The molecule has 0 unspecified atom stereocenters. The first-order chi connectivity index (χ1) is 12.6. The third-order valence-electron chi connectivity index (χ3n) is 3.74. The largest absolute Gasteiger partial charge is 0.462 e. The second-order valence-electron chi connectivity index (χ2n) is 5.64. The summed E-state index contributed by atoms with van der Waals surface area (Å²) in [5, 5.41) is 0.0905. The highest BCUT2D eigenvalue weighted by Gasteiger charge is 2.35. The summed E-state index contributed by atoms with van der Waals surface area (Å²) in [5.41, 5.74) is -1.67. The summed E-state index contributed by atoms with van der Waals surface area (Å²) in [6.07, 6.45) is -3.56. The molecule has 3 rings (SSSR count). The minimum atomic E-state index is -4.74. The molecule has 0 spiro atoms. The van der Waals surface area contributed by atoms with Gasteiger partial charge in [0.05, 0.1) is 28.6 Å². The number of ether oxygens (including phenoxy) is 1. The third-order valence-corrected chi connectivity index (χ3v) is 4.07. The maximum Gasteiger partial charge on any atom is 0.432 e. The molecule has 1 aromatic carbocycles. The zero-order valence-electron chi connectivity index (χ0n) is 14.2. The quantitative estimate of drug-likeness (QED) is 0.631. The van der Waals surface area contributed by atoms with Crippen LogP contribution in [0.1, 0.15) is 28.7 Å². The number of aryl methyl sites for hydroxylation is 1. The van der Waals surface area contributed by atoms with Crippen molar-refractivity contribution in [1.29, 1.82) is 0 Å². The van der Waals surface area contributed by atoms with Crippen LogP contribution in [-0.2, 0) is 10.9 Å². The molecule has 27 heavy (non-hydrogen) atoms. The van der Waals surface area contributed by atoms with Crippen LogP contribution < -0.4 is 5.56 Å². The predicted octanol–water partition coefficient (Wildman–Crippen LogP) is 3.64. The number of imidazole rings is 1. The van der Waals surface area contributed by atoms with Crippen LogP contribution in [0.4, 0.5) is 13.2 Å². The van der Waals surface area contributed by atoms with Crippen molar-refractivity contribution in [3.63, 3.8) is 0 Å². The Labute approximate surface area is 155 Å². The Morgan fingerprint density at radius 1 is 1.30 bits per heavy atom. The minimum Gasteiger partial charge on any atom is -0.462 e. The average molecular weight is 400 g/mol. The van der Waals surface area contributed by atoms with E-state index < -0.39 is 23.4 Å². The van der Waals surface area contributed by atoms with Crippen LogP contribution in [0.15, 0.2) is 35.3 Å². The smallest absolute Gasteiger partial charge is 0.432 e. The summed E-state index contributed by atoms with van der Waals surface area (Å²) in [5.74, 6) is -0.940. The number of aromatic nitrogens is 3. The molecule has 2 heterocycles. The summed E-state index contributed by atoms with van der Waals surface area (Å²) >= 11 is 6.00. The van der Waals surface area contributed by atoms with Gasteiger partial charge in [-0.05, 0) is 32.0 Å². The van der Waals surface area contributed by atoms with E-state index in [-0.39, 0.29) is 28.7 Å².